The van der Waals surface area contributed by atoms with Crippen molar-refractivity contribution in [2.45, 2.75) is 38.0 Å². The van der Waals surface area contributed by atoms with Crippen LogP contribution in [0.2, 0.25) is 0 Å². The third kappa shape index (κ3) is 3.16. The van der Waals surface area contributed by atoms with Crippen molar-refractivity contribution in [2.75, 3.05) is 26.2 Å². The molecule has 2 aliphatic rings. The molecule has 0 unspecified atom stereocenters. The summed E-state index contributed by atoms with van der Waals surface area (Å²) in [5.41, 5.74) is 1.40. The fourth-order valence-electron chi connectivity index (χ4n) is 3.44. The van der Waals surface area contributed by atoms with E-state index in [0.717, 1.165) is 39.1 Å². The Kier molecular flexibility index (Phi) is 4.16. The molecule has 1 saturated heterocycles. The van der Waals surface area contributed by atoms with Crippen LogP contribution in [0, 0.1) is 0 Å². The maximum Gasteiger partial charge on any atom is 0.0695 e. The van der Waals surface area contributed by atoms with E-state index < -0.39 is 0 Å². The molecule has 0 bridgehead atoms. The molecule has 1 saturated carbocycles. The van der Waals surface area contributed by atoms with Crippen molar-refractivity contribution in [3.05, 3.63) is 35.9 Å². The zero-order chi connectivity index (χ0) is 13.1. The van der Waals surface area contributed by atoms with Gasteiger partial charge in [-0.15, -0.1) is 0 Å². The molecule has 1 aliphatic carbocycles. The number of hydrogen-bond acceptors (Lipinski definition) is 3. The van der Waals surface area contributed by atoms with Gasteiger partial charge in [0.1, 0.15) is 0 Å². The van der Waals surface area contributed by atoms with Gasteiger partial charge in [-0.05, 0) is 24.8 Å². The lowest BCUT2D eigenvalue weighted by Crippen LogP contribution is -2.51. The molecular weight excluding hydrogens is 236 g/mol. The average molecular weight is 260 g/mol. The lowest BCUT2D eigenvalue weighted by atomic mass is 10.1. The second kappa shape index (κ2) is 6.04. The van der Waals surface area contributed by atoms with Crippen LogP contribution in [0.15, 0.2) is 30.3 Å². The van der Waals surface area contributed by atoms with Gasteiger partial charge in [-0.1, -0.05) is 30.3 Å². The Morgan fingerprint density at radius 3 is 2.37 bits per heavy atom. The molecule has 2 atom stereocenters. The van der Waals surface area contributed by atoms with Crippen LogP contribution < -0.4 is 0 Å². The summed E-state index contributed by atoms with van der Waals surface area (Å²) in [4.78, 5) is 5.02. The van der Waals surface area contributed by atoms with Crippen molar-refractivity contribution >= 4 is 0 Å². The van der Waals surface area contributed by atoms with E-state index in [1.54, 1.807) is 0 Å². The minimum atomic E-state index is -0.0827. The Hall–Kier alpha value is -0.900. The number of piperazine rings is 1. The summed E-state index contributed by atoms with van der Waals surface area (Å²) in [5.74, 6) is 0. The molecule has 3 heteroatoms. The molecule has 19 heavy (non-hydrogen) atoms. The number of aliphatic hydroxyl groups is 1. The van der Waals surface area contributed by atoms with Crippen molar-refractivity contribution in [1.82, 2.24) is 9.80 Å². The monoisotopic (exact) mass is 260 g/mol. The van der Waals surface area contributed by atoms with Crippen molar-refractivity contribution in [2.24, 2.45) is 0 Å². The second-order valence-electron chi connectivity index (χ2n) is 5.86. The highest BCUT2D eigenvalue weighted by Crippen LogP contribution is 2.25. The van der Waals surface area contributed by atoms with E-state index in [0.29, 0.717) is 6.04 Å². The molecule has 1 aliphatic heterocycles. The Bertz CT molecular complexity index is 387. The molecule has 1 N–H and O–H groups in total. The number of hydrogen-bond donors (Lipinski definition) is 1. The summed E-state index contributed by atoms with van der Waals surface area (Å²) in [5, 5.41) is 9.99. The normalized spacial score (nSPS) is 29.7. The second-order valence-corrected chi connectivity index (χ2v) is 5.86. The summed E-state index contributed by atoms with van der Waals surface area (Å²) in [7, 11) is 0. The third-order valence-corrected chi connectivity index (χ3v) is 4.57. The zero-order valence-corrected chi connectivity index (χ0v) is 11.5. The molecule has 1 aromatic rings. The van der Waals surface area contributed by atoms with Gasteiger partial charge >= 0.3 is 0 Å². The fourth-order valence-corrected chi connectivity index (χ4v) is 3.44. The van der Waals surface area contributed by atoms with Crippen molar-refractivity contribution < 1.29 is 5.11 Å². The minimum Gasteiger partial charge on any atom is -0.391 e. The van der Waals surface area contributed by atoms with E-state index in [4.69, 9.17) is 0 Å². The van der Waals surface area contributed by atoms with Gasteiger partial charge in [-0.3, -0.25) is 9.80 Å². The molecule has 2 fully saturated rings. The summed E-state index contributed by atoms with van der Waals surface area (Å²) in [6.07, 6.45) is 3.28. The molecule has 3 nitrogen and oxygen atoms in total. The first-order valence-corrected chi connectivity index (χ1v) is 7.51. The zero-order valence-electron chi connectivity index (χ0n) is 11.5. The number of aliphatic hydroxyl groups excluding tert-OH is 1. The van der Waals surface area contributed by atoms with Crippen molar-refractivity contribution in [3.63, 3.8) is 0 Å². The molecule has 0 spiro atoms. The highest BCUT2D eigenvalue weighted by molar-refractivity contribution is 5.14. The average Bonchev–Trinajstić information content (AvgIpc) is 2.87. The van der Waals surface area contributed by atoms with Crippen LogP contribution in [0.3, 0.4) is 0 Å². The Morgan fingerprint density at radius 1 is 1.00 bits per heavy atom. The molecule has 0 amide bonds. The lowest BCUT2D eigenvalue weighted by Gasteiger charge is -2.39. The summed E-state index contributed by atoms with van der Waals surface area (Å²) in [6, 6.07) is 11.1. The third-order valence-electron chi connectivity index (χ3n) is 4.57. The Labute approximate surface area is 115 Å². The van der Waals surface area contributed by atoms with Crippen molar-refractivity contribution in [3.8, 4) is 0 Å². The molecule has 1 heterocycles. The van der Waals surface area contributed by atoms with Crippen LogP contribution >= 0.6 is 0 Å². The molecule has 3 rings (SSSR count). The van der Waals surface area contributed by atoms with Crippen LogP contribution in [0.4, 0.5) is 0 Å². The Morgan fingerprint density at radius 2 is 1.74 bits per heavy atom. The van der Waals surface area contributed by atoms with E-state index in [1.807, 2.05) is 0 Å². The maximum absolute atomic E-state index is 9.99. The molecule has 104 valence electrons. The van der Waals surface area contributed by atoms with E-state index in [-0.39, 0.29) is 6.10 Å². The van der Waals surface area contributed by atoms with Gasteiger partial charge in [0.15, 0.2) is 0 Å². The van der Waals surface area contributed by atoms with E-state index in [9.17, 15) is 5.11 Å². The van der Waals surface area contributed by atoms with Gasteiger partial charge in [-0.2, -0.15) is 0 Å². The van der Waals surface area contributed by atoms with Crippen LogP contribution in [0.1, 0.15) is 24.8 Å². The first-order valence-electron chi connectivity index (χ1n) is 7.51. The van der Waals surface area contributed by atoms with Gasteiger partial charge in [0.2, 0.25) is 0 Å². The maximum atomic E-state index is 9.99. The fraction of sp³-hybridized carbons (Fsp3) is 0.625. The predicted molar refractivity (Wildman–Crippen MR) is 76.9 cm³/mol. The summed E-state index contributed by atoms with van der Waals surface area (Å²) < 4.78 is 0. The van der Waals surface area contributed by atoms with Gasteiger partial charge in [0, 0.05) is 38.8 Å². The van der Waals surface area contributed by atoms with Gasteiger partial charge in [0.25, 0.3) is 0 Å². The van der Waals surface area contributed by atoms with Crippen LogP contribution in [-0.2, 0) is 6.54 Å². The summed E-state index contributed by atoms with van der Waals surface area (Å²) >= 11 is 0. The first kappa shape index (κ1) is 13.1. The van der Waals surface area contributed by atoms with E-state index >= 15 is 0 Å². The number of nitrogens with zero attached hydrogens (tertiary/aromatic N) is 2. The Balaban J connectivity index is 1.49. The van der Waals surface area contributed by atoms with Crippen LogP contribution in [-0.4, -0.2) is 53.2 Å². The highest BCUT2D eigenvalue weighted by atomic mass is 16.3. The van der Waals surface area contributed by atoms with Gasteiger partial charge in [-0.25, -0.2) is 0 Å². The smallest absolute Gasteiger partial charge is 0.0695 e. The number of rotatable bonds is 3. The van der Waals surface area contributed by atoms with E-state index in [2.05, 4.69) is 40.1 Å². The van der Waals surface area contributed by atoms with Crippen molar-refractivity contribution in [1.29, 1.82) is 0 Å². The standard InChI is InChI=1S/C16H24N2O/c19-16-8-4-7-15(16)18-11-9-17(10-12-18)13-14-5-2-1-3-6-14/h1-3,5-6,15-16,19H,4,7-13H2/t15-,16-/m1/s1. The van der Waals surface area contributed by atoms with Gasteiger partial charge in [0.05, 0.1) is 6.10 Å². The first-order chi connectivity index (χ1) is 9.33. The van der Waals surface area contributed by atoms with E-state index in [1.165, 1.54) is 18.4 Å². The molecule has 0 aromatic heterocycles. The van der Waals surface area contributed by atoms with Crippen LogP contribution in [0.5, 0.6) is 0 Å². The lowest BCUT2D eigenvalue weighted by molar-refractivity contribution is 0.0336. The molecule has 1 aromatic carbocycles. The minimum absolute atomic E-state index is 0.0827. The SMILES string of the molecule is O[C@@H]1CCC[C@H]1N1CCN(Cc2ccccc2)CC1. The molecule has 0 radical (unpaired) electrons. The quantitative estimate of drug-likeness (QED) is 0.896. The predicted octanol–water partition coefficient (Wildman–Crippen LogP) is 1.72. The van der Waals surface area contributed by atoms with Crippen LogP contribution in [0.25, 0.3) is 0 Å². The highest BCUT2D eigenvalue weighted by Gasteiger charge is 2.32. The van der Waals surface area contributed by atoms with Gasteiger partial charge < -0.3 is 5.11 Å². The number of benzene rings is 1. The molecular formula is C16H24N2O. The topological polar surface area (TPSA) is 26.7 Å². The largest absolute Gasteiger partial charge is 0.391 e. The summed E-state index contributed by atoms with van der Waals surface area (Å²) in [6.45, 7) is 5.52.